The summed E-state index contributed by atoms with van der Waals surface area (Å²) in [6.07, 6.45) is 2.76. The molecule has 1 aliphatic heterocycles. The monoisotopic (exact) mass is 301 g/mol. The Morgan fingerprint density at radius 1 is 1.41 bits per heavy atom. The molecular weight excluding hydrogens is 282 g/mol. The third kappa shape index (κ3) is 3.51. The number of aromatic nitrogens is 2. The van der Waals surface area contributed by atoms with Gasteiger partial charge in [-0.3, -0.25) is 9.59 Å². The van der Waals surface area contributed by atoms with E-state index in [1.807, 2.05) is 24.3 Å². The molecule has 3 rings (SSSR count). The predicted octanol–water partition coefficient (Wildman–Crippen LogP) is 1.15. The summed E-state index contributed by atoms with van der Waals surface area (Å²) in [5.41, 5.74) is 1.60. The highest BCUT2D eigenvalue weighted by Crippen LogP contribution is 2.10. The summed E-state index contributed by atoms with van der Waals surface area (Å²) < 4.78 is 5.45. The molecule has 0 saturated carbocycles. The van der Waals surface area contributed by atoms with Gasteiger partial charge in [-0.15, -0.1) is 0 Å². The van der Waals surface area contributed by atoms with E-state index < -0.39 is 0 Å². The summed E-state index contributed by atoms with van der Waals surface area (Å²) in [5, 5.41) is 2.85. The van der Waals surface area contributed by atoms with E-state index >= 15 is 0 Å². The number of amides is 1. The standard InChI is InChI=1S/C16H19N3O3/c20-15(17-10-11-4-3-9-22-11)8-7-14-16(21)19-13-6-2-1-5-12(13)18-14/h1-2,5-6,11H,3-4,7-10H2,(H,17,20)(H,19,21). The number of H-pyrrole nitrogens is 1. The summed E-state index contributed by atoms with van der Waals surface area (Å²) in [4.78, 5) is 30.9. The molecule has 6 nitrogen and oxygen atoms in total. The summed E-state index contributed by atoms with van der Waals surface area (Å²) in [6.45, 7) is 1.32. The second-order valence-corrected chi connectivity index (χ2v) is 5.47. The van der Waals surface area contributed by atoms with Crippen molar-refractivity contribution in [1.29, 1.82) is 0 Å². The highest BCUT2D eigenvalue weighted by Gasteiger charge is 2.16. The van der Waals surface area contributed by atoms with Crippen LogP contribution in [0.5, 0.6) is 0 Å². The quantitative estimate of drug-likeness (QED) is 0.867. The zero-order valence-corrected chi connectivity index (χ0v) is 12.3. The number of carbonyl (C=O) groups is 1. The van der Waals surface area contributed by atoms with E-state index in [0.717, 1.165) is 25.0 Å². The lowest BCUT2D eigenvalue weighted by Gasteiger charge is -2.10. The van der Waals surface area contributed by atoms with Crippen LogP contribution in [0.3, 0.4) is 0 Å². The van der Waals surface area contributed by atoms with E-state index in [4.69, 9.17) is 4.74 Å². The first kappa shape index (κ1) is 14.7. The minimum absolute atomic E-state index is 0.0788. The minimum atomic E-state index is -0.231. The molecule has 116 valence electrons. The van der Waals surface area contributed by atoms with Crippen molar-refractivity contribution in [3.05, 3.63) is 40.3 Å². The molecule has 2 N–H and O–H groups in total. The number of hydrogen-bond acceptors (Lipinski definition) is 4. The van der Waals surface area contributed by atoms with Crippen molar-refractivity contribution in [2.75, 3.05) is 13.2 Å². The van der Waals surface area contributed by atoms with Crippen molar-refractivity contribution in [1.82, 2.24) is 15.3 Å². The Morgan fingerprint density at radius 3 is 3.09 bits per heavy atom. The Balaban J connectivity index is 1.57. The number of fused-ring (bicyclic) bond motifs is 1. The lowest BCUT2D eigenvalue weighted by Crippen LogP contribution is -2.32. The number of ether oxygens (including phenoxy) is 1. The number of para-hydroxylation sites is 2. The Labute approximate surface area is 127 Å². The number of nitrogens with one attached hydrogen (secondary N) is 2. The molecule has 1 amide bonds. The van der Waals surface area contributed by atoms with Gasteiger partial charge in [-0.25, -0.2) is 4.98 Å². The number of aromatic amines is 1. The number of hydrogen-bond donors (Lipinski definition) is 2. The van der Waals surface area contributed by atoms with Crippen LogP contribution in [0, 0.1) is 0 Å². The molecular formula is C16H19N3O3. The molecule has 1 fully saturated rings. The normalized spacial score (nSPS) is 17.7. The minimum Gasteiger partial charge on any atom is -0.376 e. The predicted molar refractivity (Wildman–Crippen MR) is 82.7 cm³/mol. The van der Waals surface area contributed by atoms with Gasteiger partial charge in [0.15, 0.2) is 0 Å². The Hall–Kier alpha value is -2.21. The second-order valence-electron chi connectivity index (χ2n) is 5.47. The smallest absolute Gasteiger partial charge is 0.270 e. The highest BCUT2D eigenvalue weighted by molar-refractivity contribution is 5.76. The molecule has 6 heteroatoms. The number of aryl methyl sites for hydroxylation is 1. The van der Waals surface area contributed by atoms with Crippen molar-refractivity contribution in [3.8, 4) is 0 Å². The van der Waals surface area contributed by atoms with E-state index in [2.05, 4.69) is 15.3 Å². The average molecular weight is 301 g/mol. The fourth-order valence-electron chi connectivity index (χ4n) is 2.59. The van der Waals surface area contributed by atoms with Gasteiger partial charge >= 0.3 is 0 Å². The number of rotatable bonds is 5. The first-order valence-corrected chi connectivity index (χ1v) is 7.58. The van der Waals surface area contributed by atoms with Gasteiger partial charge in [-0.2, -0.15) is 0 Å². The average Bonchev–Trinajstić information content (AvgIpc) is 3.04. The first-order valence-electron chi connectivity index (χ1n) is 7.58. The van der Waals surface area contributed by atoms with Gasteiger partial charge in [-0.1, -0.05) is 12.1 Å². The second kappa shape index (κ2) is 6.70. The SMILES string of the molecule is O=C(CCc1nc2ccccc2[nH]c1=O)NCC1CCCO1. The highest BCUT2D eigenvalue weighted by atomic mass is 16.5. The zero-order valence-electron chi connectivity index (χ0n) is 12.3. The van der Waals surface area contributed by atoms with Crippen LogP contribution in [-0.2, 0) is 16.0 Å². The van der Waals surface area contributed by atoms with Crippen LogP contribution < -0.4 is 10.9 Å². The molecule has 0 aliphatic carbocycles. The molecule has 0 spiro atoms. The number of nitrogens with zero attached hydrogens (tertiary/aromatic N) is 1. The van der Waals surface area contributed by atoms with Crippen LogP contribution in [0.2, 0.25) is 0 Å². The molecule has 1 atom stereocenters. The van der Waals surface area contributed by atoms with E-state index in [9.17, 15) is 9.59 Å². The molecule has 1 aromatic carbocycles. The lowest BCUT2D eigenvalue weighted by molar-refractivity contribution is -0.121. The topological polar surface area (TPSA) is 84.1 Å². The fraction of sp³-hybridized carbons (Fsp3) is 0.438. The van der Waals surface area contributed by atoms with Gasteiger partial charge < -0.3 is 15.0 Å². The molecule has 1 saturated heterocycles. The summed E-state index contributed by atoms with van der Waals surface area (Å²) >= 11 is 0. The third-order valence-corrected chi connectivity index (χ3v) is 3.81. The summed E-state index contributed by atoms with van der Waals surface area (Å²) in [5.74, 6) is -0.0788. The van der Waals surface area contributed by atoms with Crippen LogP contribution in [0.1, 0.15) is 25.0 Å². The van der Waals surface area contributed by atoms with Crippen molar-refractivity contribution in [2.24, 2.45) is 0 Å². The maximum Gasteiger partial charge on any atom is 0.270 e. The van der Waals surface area contributed by atoms with Crippen LogP contribution in [-0.4, -0.2) is 35.1 Å². The van der Waals surface area contributed by atoms with Gasteiger partial charge in [0, 0.05) is 26.0 Å². The lowest BCUT2D eigenvalue weighted by atomic mass is 10.2. The largest absolute Gasteiger partial charge is 0.376 e. The summed E-state index contributed by atoms with van der Waals surface area (Å²) in [7, 11) is 0. The van der Waals surface area contributed by atoms with Crippen molar-refractivity contribution >= 4 is 16.9 Å². The van der Waals surface area contributed by atoms with E-state index in [1.54, 1.807) is 0 Å². The fourth-order valence-corrected chi connectivity index (χ4v) is 2.59. The molecule has 1 aliphatic rings. The maximum atomic E-state index is 11.9. The van der Waals surface area contributed by atoms with Crippen LogP contribution in [0.25, 0.3) is 11.0 Å². The molecule has 1 aromatic heterocycles. The number of benzene rings is 1. The van der Waals surface area contributed by atoms with Crippen LogP contribution in [0.15, 0.2) is 29.1 Å². The van der Waals surface area contributed by atoms with Crippen LogP contribution in [0.4, 0.5) is 0 Å². The van der Waals surface area contributed by atoms with Gasteiger partial charge in [0.05, 0.1) is 17.1 Å². The summed E-state index contributed by atoms with van der Waals surface area (Å²) in [6, 6.07) is 7.36. The van der Waals surface area contributed by atoms with E-state index in [1.165, 1.54) is 0 Å². The molecule has 0 radical (unpaired) electrons. The van der Waals surface area contributed by atoms with Gasteiger partial charge in [0.2, 0.25) is 5.91 Å². The van der Waals surface area contributed by atoms with Crippen molar-refractivity contribution in [3.63, 3.8) is 0 Å². The Kier molecular flexibility index (Phi) is 4.48. The molecule has 1 unspecified atom stereocenters. The Morgan fingerprint density at radius 2 is 2.27 bits per heavy atom. The van der Waals surface area contributed by atoms with Crippen LogP contribution >= 0.6 is 0 Å². The van der Waals surface area contributed by atoms with Gasteiger partial charge in [0.1, 0.15) is 5.69 Å². The zero-order chi connectivity index (χ0) is 15.4. The van der Waals surface area contributed by atoms with Crippen molar-refractivity contribution < 1.29 is 9.53 Å². The first-order chi connectivity index (χ1) is 10.7. The van der Waals surface area contributed by atoms with E-state index in [0.29, 0.717) is 24.2 Å². The van der Waals surface area contributed by atoms with Gasteiger partial charge in [-0.05, 0) is 25.0 Å². The molecule has 2 heterocycles. The Bertz CT molecular complexity index is 720. The molecule has 0 bridgehead atoms. The third-order valence-electron chi connectivity index (χ3n) is 3.81. The van der Waals surface area contributed by atoms with E-state index in [-0.39, 0.29) is 24.0 Å². The number of carbonyl (C=O) groups excluding carboxylic acids is 1. The molecule has 2 aromatic rings. The van der Waals surface area contributed by atoms with Crippen molar-refractivity contribution in [2.45, 2.75) is 31.8 Å². The maximum absolute atomic E-state index is 11.9. The molecule has 22 heavy (non-hydrogen) atoms. The van der Waals surface area contributed by atoms with Gasteiger partial charge in [0.25, 0.3) is 5.56 Å².